The highest BCUT2D eigenvalue weighted by molar-refractivity contribution is 7.90. The summed E-state index contributed by atoms with van der Waals surface area (Å²) in [5, 5.41) is 2.09. The number of sulfonamides is 1. The van der Waals surface area contributed by atoms with Crippen LogP contribution in [0.4, 0.5) is 16.7 Å². The van der Waals surface area contributed by atoms with Crippen LogP contribution in [-0.4, -0.2) is 29.4 Å². The number of nitrogens with one attached hydrogen (secondary N) is 2. The van der Waals surface area contributed by atoms with E-state index in [1.54, 1.807) is 23.8 Å². The number of anilines is 2. The summed E-state index contributed by atoms with van der Waals surface area (Å²) in [4.78, 5) is 22.7. The fourth-order valence-electron chi connectivity index (χ4n) is 1.60. The molecule has 0 aliphatic rings. The number of alkyl halides is 3. The highest BCUT2D eigenvalue weighted by Crippen LogP contribution is 2.36. The van der Waals surface area contributed by atoms with Gasteiger partial charge < -0.3 is 5.73 Å². The van der Waals surface area contributed by atoms with E-state index < -0.39 is 19.8 Å². The molecule has 0 bridgehead atoms. The Balaban J connectivity index is 2.17. The lowest BCUT2D eigenvalue weighted by Crippen LogP contribution is -2.35. The van der Waals surface area contributed by atoms with Crippen LogP contribution in [0.5, 0.6) is 0 Å². The molecule has 134 valence electrons. The number of carbonyl (C=O) groups is 1. The molecule has 1 aromatic heterocycles. The van der Waals surface area contributed by atoms with E-state index in [1.165, 1.54) is 12.1 Å². The van der Waals surface area contributed by atoms with Crippen molar-refractivity contribution in [1.82, 2.24) is 19.7 Å². The topological polar surface area (TPSA) is 140 Å². The van der Waals surface area contributed by atoms with Gasteiger partial charge in [0.1, 0.15) is 0 Å². The van der Waals surface area contributed by atoms with Gasteiger partial charge in [0.05, 0.1) is 4.90 Å². The number of hydrogen-bond acceptors (Lipinski definition) is 7. The average Bonchev–Trinajstić information content (AvgIpc) is 2.45. The van der Waals surface area contributed by atoms with Crippen LogP contribution in [0.15, 0.2) is 29.2 Å². The molecule has 0 saturated carbocycles. The van der Waals surface area contributed by atoms with Gasteiger partial charge in [-0.05, 0) is 19.1 Å². The monoisotopic (exact) mass is 424 g/mol. The molecule has 1 heterocycles. The zero-order valence-corrected chi connectivity index (χ0v) is 15.6. The molecule has 2 rings (SSSR count). The lowest BCUT2D eigenvalue weighted by atomic mass is 10.2. The van der Waals surface area contributed by atoms with Gasteiger partial charge in [0.15, 0.2) is 5.82 Å². The number of carbonyl (C=O) groups excluding carboxylic acids is 1. The number of benzene rings is 1. The van der Waals surface area contributed by atoms with Gasteiger partial charge in [0, 0.05) is 0 Å². The largest absolute Gasteiger partial charge is 0.368 e. The predicted molar refractivity (Wildman–Crippen MR) is 94.0 cm³/mol. The number of nitrogens with zero attached hydrogens (tertiary/aromatic N) is 3. The normalized spacial score (nSPS) is 11.8. The maximum Gasteiger partial charge on any atom is 0.335 e. The first-order valence-corrected chi connectivity index (χ1v) is 9.08. The number of amides is 2. The summed E-state index contributed by atoms with van der Waals surface area (Å²) in [6, 6.07) is 4.76. The Bertz CT molecular complexity index is 899. The van der Waals surface area contributed by atoms with E-state index in [0.29, 0.717) is 0 Å². The summed E-state index contributed by atoms with van der Waals surface area (Å²) in [6.45, 7) is 1.80. The Morgan fingerprint density at radius 2 is 1.72 bits per heavy atom. The highest BCUT2D eigenvalue weighted by atomic mass is 35.6. The minimum Gasteiger partial charge on any atom is -0.368 e. The second-order valence-electron chi connectivity index (χ2n) is 4.71. The van der Waals surface area contributed by atoms with Crippen LogP contribution in [0.2, 0.25) is 0 Å². The molecule has 2 amide bonds. The van der Waals surface area contributed by atoms with Crippen LogP contribution in [0, 0.1) is 6.92 Å². The Hall–Kier alpha value is -1.88. The summed E-state index contributed by atoms with van der Waals surface area (Å²) >= 11 is 16.9. The van der Waals surface area contributed by atoms with Crippen LogP contribution in [0.3, 0.4) is 0 Å². The van der Waals surface area contributed by atoms with E-state index in [2.05, 4.69) is 20.3 Å². The molecule has 4 N–H and O–H groups in total. The number of aromatic nitrogens is 3. The van der Waals surface area contributed by atoms with Gasteiger partial charge in [0.2, 0.25) is 15.7 Å². The number of nitrogen functional groups attached to an aromatic ring is 1. The maximum absolute atomic E-state index is 12.1. The molecule has 0 aliphatic carbocycles. The van der Waals surface area contributed by atoms with Crippen LogP contribution >= 0.6 is 34.8 Å². The lowest BCUT2D eigenvalue weighted by Gasteiger charge is -2.12. The van der Waals surface area contributed by atoms with Gasteiger partial charge in [-0.2, -0.15) is 15.0 Å². The lowest BCUT2D eigenvalue weighted by molar-refractivity contribution is 0.256. The SMILES string of the molecule is Cc1ccc(S(=O)(=O)NC(=O)Nc2nc(N)nc(C(Cl)(Cl)Cl)n2)cc1. The summed E-state index contributed by atoms with van der Waals surface area (Å²) < 4.78 is 24.0. The van der Waals surface area contributed by atoms with Gasteiger partial charge in [-0.3, -0.25) is 5.32 Å². The van der Waals surface area contributed by atoms with Crippen molar-refractivity contribution < 1.29 is 13.2 Å². The third kappa shape index (κ3) is 5.30. The Kier molecular flexibility index (Phi) is 5.57. The number of urea groups is 1. The number of nitrogens with two attached hydrogens (primary N) is 1. The minimum atomic E-state index is -4.09. The number of hydrogen-bond donors (Lipinski definition) is 3. The maximum atomic E-state index is 12.1. The molecule has 25 heavy (non-hydrogen) atoms. The zero-order chi connectivity index (χ0) is 18.8. The van der Waals surface area contributed by atoms with Crippen molar-refractivity contribution in [3.05, 3.63) is 35.7 Å². The quantitative estimate of drug-likeness (QED) is 0.639. The molecule has 0 spiro atoms. The Labute approximate surface area is 158 Å². The third-order valence-corrected chi connectivity index (χ3v) is 4.54. The molecule has 9 nitrogen and oxygen atoms in total. The Morgan fingerprint density at radius 3 is 2.28 bits per heavy atom. The van der Waals surface area contributed by atoms with Gasteiger partial charge in [-0.1, -0.05) is 52.5 Å². The van der Waals surface area contributed by atoms with Crippen LogP contribution in [0.25, 0.3) is 0 Å². The predicted octanol–water partition coefficient (Wildman–Crippen LogP) is 2.10. The van der Waals surface area contributed by atoms with Gasteiger partial charge in [0.25, 0.3) is 10.0 Å². The summed E-state index contributed by atoms with van der Waals surface area (Å²) in [5.41, 5.74) is 6.30. The molecule has 1 aromatic carbocycles. The third-order valence-electron chi connectivity index (χ3n) is 2.69. The van der Waals surface area contributed by atoms with Crippen molar-refractivity contribution in [2.24, 2.45) is 0 Å². The fraction of sp³-hybridized carbons (Fsp3) is 0.167. The fourth-order valence-corrected chi connectivity index (χ4v) is 2.76. The van der Waals surface area contributed by atoms with Crippen molar-refractivity contribution in [3.8, 4) is 0 Å². The van der Waals surface area contributed by atoms with Crippen LogP contribution in [0.1, 0.15) is 11.4 Å². The number of rotatable bonds is 3. The number of aryl methyl sites for hydroxylation is 1. The molecular formula is C12H11Cl3N6O3S. The second kappa shape index (κ2) is 7.16. The number of halogens is 3. The smallest absolute Gasteiger partial charge is 0.335 e. The molecule has 2 aromatic rings. The second-order valence-corrected chi connectivity index (χ2v) is 8.67. The molecule has 0 aliphatic heterocycles. The van der Waals surface area contributed by atoms with E-state index >= 15 is 0 Å². The molecular weight excluding hydrogens is 415 g/mol. The van der Waals surface area contributed by atoms with Crippen LogP contribution in [-0.2, 0) is 13.8 Å². The van der Waals surface area contributed by atoms with Crippen molar-refractivity contribution in [2.45, 2.75) is 15.6 Å². The molecule has 13 heteroatoms. The van der Waals surface area contributed by atoms with Gasteiger partial charge in [-0.25, -0.2) is 17.9 Å². The highest BCUT2D eigenvalue weighted by Gasteiger charge is 2.28. The molecule has 0 radical (unpaired) electrons. The van der Waals surface area contributed by atoms with Crippen molar-refractivity contribution in [3.63, 3.8) is 0 Å². The van der Waals surface area contributed by atoms with Crippen molar-refractivity contribution in [1.29, 1.82) is 0 Å². The van der Waals surface area contributed by atoms with E-state index in [4.69, 9.17) is 40.5 Å². The van der Waals surface area contributed by atoms with Gasteiger partial charge >= 0.3 is 6.03 Å². The first-order valence-electron chi connectivity index (χ1n) is 6.46. The first-order chi connectivity index (χ1) is 11.5. The Morgan fingerprint density at radius 1 is 1.12 bits per heavy atom. The molecule has 0 unspecified atom stereocenters. The standard InChI is InChI=1S/C12H11Cl3N6O3S/c1-6-2-4-7(5-3-6)25(23,24)21-11(22)20-10-18-8(12(13,14)15)17-9(16)19-10/h2-5H,1H3,(H4,16,17,18,19,20,21,22). The van der Waals surface area contributed by atoms with Gasteiger partial charge in [-0.15, -0.1) is 0 Å². The summed E-state index contributed by atoms with van der Waals surface area (Å²) in [5.74, 6) is -1.04. The summed E-state index contributed by atoms with van der Waals surface area (Å²) in [6.07, 6.45) is 0. The first kappa shape index (κ1) is 19.4. The van der Waals surface area contributed by atoms with E-state index in [9.17, 15) is 13.2 Å². The van der Waals surface area contributed by atoms with E-state index in [-0.39, 0.29) is 22.6 Å². The molecule has 0 fully saturated rings. The van der Waals surface area contributed by atoms with Crippen LogP contribution < -0.4 is 15.8 Å². The van der Waals surface area contributed by atoms with Crippen molar-refractivity contribution in [2.75, 3.05) is 11.1 Å². The average molecular weight is 426 g/mol. The zero-order valence-electron chi connectivity index (χ0n) is 12.5. The van der Waals surface area contributed by atoms with Crippen molar-refractivity contribution >= 4 is 62.8 Å². The van der Waals surface area contributed by atoms with E-state index in [0.717, 1.165) is 5.56 Å². The van der Waals surface area contributed by atoms with E-state index in [1.807, 2.05) is 0 Å². The summed E-state index contributed by atoms with van der Waals surface area (Å²) in [7, 11) is -4.09. The minimum absolute atomic E-state index is 0.0922. The molecule has 0 atom stereocenters. The molecule has 0 saturated heterocycles.